The van der Waals surface area contributed by atoms with E-state index in [1.54, 1.807) is 32.0 Å². The summed E-state index contributed by atoms with van der Waals surface area (Å²) >= 11 is 6.27. The average Bonchev–Trinajstić information content (AvgIpc) is 3.24. The smallest absolute Gasteiger partial charge is 0.354 e. The van der Waals surface area contributed by atoms with E-state index < -0.39 is 5.97 Å². The second-order valence-corrected chi connectivity index (χ2v) is 8.03. The SMILES string of the molecule is CCC(=O)c1c(-c2ccccc2)c2cc(Cl)ccc2c(=O)n1Cc1cc(C(=O)O)n(CC)n1. The Morgan fingerprint density at radius 3 is 2.36 bits per heavy atom. The number of nitrogens with zero attached hydrogens (tertiary/aromatic N) is 3. The monoisotopic (exact) mass is 463 g/mol. The summed E-state index contributed by atoms with van der Waals surface area (Å²) in [5.41, 5.74) is 1.70. The largest absolute Gasteiger partial charge is 0.477 e. The minimum Gasteiger partial charge on any atom is -0.477 e. The third kappa shape index (κ3) is 4.07. The van der Waals surface area contributed by atoms with E-state index in [9.17, 15) is 19.5 Å². The molecule has 0 aliphatic heterocycles. The van der Waals surface area contributed by atoms with Crippen LogP contribution in [0.5, 0.6) is 0 Å². The number of rotatable bonds is 7. The number of benzene rings is 2. The normalized spacial score (nSPS) is 11.1. The van der Waals surface area contributed by atoms with E-state index in [1.165, 1.54) is 15.3 Å². The molecule has 0 radical (unpaired) electrons. The van der Waals surface area contributed by atoms with Gasteiger partial charge in [0.25, 0.3) is 5.56 Å². The fourth-order valence-electron chi connectivity index (χ4n) is 4.05. The molecule has 0 fully saturated rings. The predicted molar refractivity (Wildman–Crippen MR) is 127 cm³/mol. The Balaban J connectivity index is 2.07. The molecule has 0 amide bonds. The summed E-state index contributed by atoms with van der Waals surface area (Å²) in [5, 5.41) is 15.3. The number of pyridine rings is 1. The van der Waals surface area contributed by atoms with Crippen LogP contribution >= 0.6 is 11.6 Å². The highest BCUT2D eigenvalue weighted by Gasteiger charge is 2.24. The van der Waals surface area contributed by atoms with Crippen LogP contribution in [-0.4, -0.2) is 31.2 Å². The van der Waals surface area contributed by atoms with Crippen molar-refractivity contribution in [2.24, 2.45) is 0 Å². The van der Waals surface area contributed by atoms with Crippen LogP contribution in [-0.2, 0) is 13.1 Å². The number of carboxylic acid groups (broad SMARTS) is 1. The molecule has 2 aromatic carbocycles. The summed E-state index contributed by atoms with van der Waals surface area (Å²) in [5.74, 6) is -1.31. The van der Waals surface area contributed by atoms with Crippen LogP contribution in [0.15, 0.2) is 59.4 Å². The molecule has 2 heterocycles. The number of aromatic nitrogens is 3. The zero-order valence-electron chi connectivity index (χ0n) is 18.2. The Morgan fingerprint density at radius 1 is 1.03 bits per heavy atom. The van der Waals surface area contributed by atoms with Gasteiger partial charge in [-0.2, -0.15) is 5.10 Å². The zero-order chi connectivity index (χ0) is 23.7. The number of aromatic carboxylic acids is 1. The number of hydrogen-bond donors (Lipinski definition) is 1. The first-order valence-corrected chi connectivity index (χ1v) is 11.0. The van der Waals surface area contributed by atoms with Gasteiger partial charge in [0.15, 0.2) is 5.78 Å². The molecule has 7 nitrogen and oxygen atoms in total. The lowest BCUT2D eigenvalue weighted by molar-refractivity contribution is 0.0683. The van der Waals surface area contributed by atoms with Crippen molar-refractivity contribution in [2.45, 2.75) is 33.4 Å². The molecule has 0 saturated heterocycles. The zero-order valence-corrected chi connectivity index (χ0v) is 19.0. The van der Waals surface area contributed by atoms with Gasteiger partial charge >= 0.3 is 5.97 Å². The molecule has 8 heteroatoms. The highest BCUT2D eigenvalue weighted by atomic mass is 35.5. The van der Waals surface area contributed by atoms with Crippen molar-refractivity contribution < 1.29 is 14.7 Å². The summed E-state index contributed by atoms with van der Waals surface area (Å²) in [4.78, 5) is 38.4. The lowest BCUT2D eigenvalue weighted by Crippen LogP contribution is -2.28. The Kier molecular flexibility index (Phi) is 6.16. The molecule has 0 aliphatic carbocycles. The highest BCUT2D eigenvalue weighted by Crippen LogP contribution is 2.33. The molecule has 4 rings (SSSR count). The van der Waals surface area contributed by atoms with Crippen molar-refractivity contribution in [1.29, 1.82) is 0 Å². The van der Waals surface area contributed by atoms with E-state index in [4.69, 9.17) is 11.6 Å². The average molecular weight is 464 g/mol. The molecule has 168 valence electrons. The quantitative estimate of drug-likeness (QED) is 0.394. The molecule has 0 atom stereocenters. The Morgan fingerprint density at radius 2 is 1.76 bits per heavy atom. The molecule has 0 spiro atoms. The summed E-state index contributed by atoms with van der Waals surface area (Å²) in [6, 6.07) is 15.8. The molecule has 0 bridgehead atoms. The van der Waals surface area contributed by atoms with Crippen molar-refractivity contribution in [1.82, 2.24) is 14.3 Å². The molecule has 0 unspecified atom stereocenters. The van der Waals surface area contributed by atoms with Crippen LogP contribution in [0.1, 0.15) is 46.9 Å². The van der Waals surface area contributed by atoms with Crippen molar-refractivity contribution in [3.8, 4) is 11.1 Å². The standard InChI is InChI=1S/C25H22ClN3O4/c1-3-21(30)23-22(15-8-6-5-7-9-15)19-12-16(26)10-11-18(19)24(31)28(23)14-17-13-20(25(32)33)29(4-2)27-17/h5-13H,3-4,14H2,1-2H3,(H,32,33). The lowest BCUT2D eigenvalue weighted by Gasteiger charge is -2.19. The number of aryl methyl sites for hydroxylation is 1. The van der Waals surface area contributed by atoms with E-state index in [0.717, 1.165) is 5.56 Å². The van der Waals surface area contributed by atoms with Crippen molar-refractivity contribution in [3.05, 3.63) is 87.1 Å². The number of carboxylic acids is 1. The fraction of sp³-hybridized carbons (Fsp3) is 0.200. The molecule has 33 heavy (non-hydrogen) atoms. The number of carbonyl (C=O) groups excluding carboxylic acids is 1. The van der Waals surface area contributed by atoms with Gasteiger partial charge in [0.2, 0.25) is 0 Å². The van der Waals surface area contributed by atoms with E-state index in [1.807, 2.05) is 30.3 Å². The first kappa shape index (κ1) is 22.5. The summed E-state index contributed by atoms with van der Waals surface area (Å²) < 4.78 is 2.77. The van der Waals surface area contributed by atoms with E-state index in [-0.39, 0.29) is 35.7 Å². The maximum Gasteiger partial charge on any atom is 0.354 e. The number of fused-ring (bicyclic) bond motifs is 1. The van der Waals surface area contributed by atoms with Gasteiger partial charge in [-0.15, -0.1) is 0 Å². The van der Waals surface area contributed by atoms with Gasteiger partial charge in [-0.3, -0.25) is 18.8 Å². The second kappa shape index (κ2) is 9.03. The van der Waals surface area contributed by atoms with Gasteiger partial charge in [-0.1, -0.05) is 48.9 Å². The maximum absolute atomic E-state index is 13.6. The van der Waals surface area contributed by atoms with Crippen molar-refractivity contribution in [2.75, 3.05) is 0 Å². The molecule has 0 aliphatic rings. The van der Waals surface area contributed by atoms with E-state index in [2.05, 4.69) is 5.10 Å². The number of ketones is 1. The maximum atomic E-state index is 13.6. The van der Waals surface area contributed by atoms with Crippen LogP contribution in [0.2, 0.25) is 5.02 Å². The van der Waals surface area contributed by atoms with Gasteiger partial charge in [-0.25, -0.2) is 4.79 Å². The Labute approximate surface area is 194 Å². The second-order valence-electron chi connectivity index (χ2n) is 7.59. The molecule has 4 aromatic rings. The number of hydrogen-bond acceptors (Lipinski definition) is 4. The Bertz CT molecular complexity index is 1440. The minimum absolute atomic E-state index is 0.0276. The van der Waals surface area contributed by atoms with Crippen molar-refractivity contribution >= 4 is 34.1 Å². The third-order valence-corrected chi connectivity index (χ3v) is 5.79. The Hall–Kier alpha value is -3.71. The molecule has 1 N–H and O–H groups in total. The topological polar surface area (TPSA) is 94.2 Å². The molecule has 0 saturated carbocycles. The molecular formula is C25H22ClN3O4. The number of halogens is 1. The third-order valence-electron chi connectivity index (χ3n) is 5.55. The van der Waals surface area contributed by atoms with Crippen LogP contribution < -0.4 is 5.56 Å². The van der Waals surface area contributed by atoms with Crippen LogP contribution in [0.25, 0.3) is 21.9 Å². The first-order chi connectivity index (χ1) is 15.8. The minimum atomic E-state index is -1.11. The summed E-state index contributed by atoms with van der Waals surface area (Å²) in [6.45, 7) is 3.85. The first-order valence-electron chi connectivity index (χ1n) is 10.6. The van der Waals surface area contributed by atoms with E-state index in [0.29, 0.717) is 33.6 Å². The molecule has 2 aromatic heterocycles. The van der Waals surface area contributed by atoms with Crippen LogP contribution in [0.3, 0.4) is 0 Å². The lowest BCUT2D eigenvalue weighted by atomic mass is 9.94. The van der Waals surface area contributed by atoms with Gasteiger partial charge < -0.3 is 5.11 Å². The fourth-order valence-corrected chi connectivity index (χ4v) is 4.22. The number of carbonyl (C=O) groups is 2. The summed E-state index contributed by atoms with van der Waals surface area (Å²) in [6.07, 6.45) is 0.190. The molecular weight excluding hydrogens is 442 g/mol. The van der Waals surface area contributed by atoms with Gasteiger partial charge in [0.05, 0.1) is 17.9 Å². The van der Waals surface area contributed by atoms with Crippen LogP contribution in [0.4, 0.5) is 0 Å². The van der Waals surface area contributed by atoms with Crippen molar-refractivity contribution in [3.63, 3.8) is 0 Å². The predicted octanol–water partition coefficient (Wildman–Crippen LogP) is 4.88. The number of Topliss-reactive ketones (excluding diaryl/α,β-unsaturated/α-hetero) is 1. The van der Waals surface area contributed by atoms with E-state index >= 15 is 0 Å². The van der Waals surface area contributed by atoms with Gasteiger partial charge in [0.1, 0.15) is 5.69 Å². The van der Waals surface area contributed by atoms with Crippen LogP contribution in [0, 0.1) is 0 Å². The van der Waals surface area contributed by atoms with Gasteiger partial charge in [-0.05, 0) is 42.1 Å². The van der Waals surface area contributed by atoms with Gasteiger partial charge in [0, 0.05) is 28.9 Å². The highest BCUT2D eigenvalue weighted by molar-refractivity contribution is 6.31. The summed E-state index contributed by atoms with van der Waals surface area (Å²) in [7, 11) is 0.